The highest BCUT2D eigenvalue weighted by atomic mass is 16.7. The average molecular weight is 352 g/mol. The van der Waals surface area contributed by atoms with Crippen molar-refractivity contribution in [1.29, 1.82) is 0 Å². The Morgan fingerprint density at radius 2 is 1.92 bits per heavy atom. The number of rotatable bonds is 4. The van der Waals surface area contributed by atoms with Gasteiger partial charge in [-0.1, -0.05) is 30.3 Å². The van der Waals surface area contributed by atoms with Crippen molar-refractivity contribution >= 4 is 17.5 Å². The first-order valence-corrected chi connectivity index (χ1v) is 8.70. The Kier molecular flexibility index (Phi) is 4.24. The van der Waals surface area contributed by atoms with Crippen molar-refractivity contribution in [2.24, 2.45) is 5.92 Å². The predicted octanol–water partition coefficient (Wildman–Crippen LogP) is 2.65. The second-order valence-corrected chi connectivity index (χ2v) is 6.51. The zero-order valence-corrected chi connectivity index (χ0v) is 14.5. The molecule has 0 unspecified atom stereocenters. The molecule has 0 bridgehead atoms. The van der Waals surface area contributed by atoms with Crippen LogP contribution in [0.5, 0.6) is 11.5 Å². The molecule has 1 fully saturated rings. The summed E-state index contributed by atoms with van der Waals surface area (Å²) in [5.41, 5.74) is 1.74. The van der Waals surface area contributed by atoms with Crippen LogP contribution in [-0.4, -0.2) is 25.2 Å². The first-order valence-electron chi connectivity index (χ1n) is 8.70. The van der Waals surface area contributed by atoms with Gasteiger partial charge in [-0.3, -0.25) is 9.59 Å². The van der Waals surface area contributed by atoms with Crippen molar-refractivity contribution in [3.63, 3.8) is 0 Å². The molecule has 2 aromatic carbocycles. The summed E-state index contributed by atoms with van der Waals surface area (Å²) < 4.78 is 10.7. The van der Waals surface area contributed by atoms with Crippen LogP contribution >= 0.6 is 0 Å². The van der Waals surface area contributed by atoms with Crippen LogP contribution in [0.4, 0.5) is 5.69 Å². The van der Waals surface area contributed by atoms with Crippen LogP contribution in [-0.2, 0) is 9.59 Å². The molecule has 6 nitrogen and oxygen atoms in total. The fourth-order valence-electron chi connectivity index (χ4n) is 3.37. The van der Waals surface area contributed by atoms with E-state index in [1.807, 2.05) is 43.3 Å². The highest BCUT2D eigenvalue weighted by molar-refractivity contribution is 6.09. The smallest absolute Gasteiger partial charge is 0.239 e. The van der Waals surface area contributed by atoms with Gasteiger partial charge in [0.05, 0.1) is 6.04 Å². The van der Waals surface area contributed by atoms with E-state index >= 15 is 0 Å². The molecule has 6 heteroatoms. The van der Waals surface area contributed by atoms with Gasteiger partial charge in [0.1, 0.15) is 5.92 Å². The minimum atomic E-state index is -0.661. The van der Waals surface area contributed by atoms with Crippen LogP contribution in [0, 0.1) is 5.92 Å². The number of ether oxygens (including phenoxy) is 2. The van der Waals surface area contributed by atoms with E-state index in [2.05, 4.69) is 5.32 Å². The van der Waals surface area contributed by atoms with Crippen LogP contribution < -0.4 is 19.7 Å². The number of hydrogen-bond donors (Lipinski definition) is 1. The summed E-state index contributed by atoms with van der Waals surface area (Å²) in [5.74, 6) is 0.232. The molecule has 0 aliphatic carbocycles. The maximum Gasteiger partial charge on any atom is 0.239 e. The summed E-state index contributed by atoms with van der Waals surface area (Å²) in [6.07, 6.45) is 0.501. The van der Waals surface area contributed by atoms with Crippen molar-refractivity contribution in [3.05, 3.63) is 54.1 Å². The lowest BCUT2D eigenvalue weighted by atomic mass is 10.0. The summed E-state index contributed by atoms with van der Waals surface area (Å²) in [5, 5.41) is 2.95. The van der Waals surface area contributed by atoms with E-state index in [4.69, 9.17) is 9.47 Å². The first kappa shape index (κ1) is 16.4. The predicted molar refractivity (Wildman–Crippen MR) is 96.0 cm³/mol. The molecule has 4 rings (SSSR count). The monoisotopic (exact) mass is 352 g/mol. The fourth-order valence-corrected chi connectivity index (χ4v) is 3.37. The van der Waals surface area contributed by atoms with E-state index in [0.29, 0.717) is 24.5 Å². The number of carbonyl (C=O) groups is 2. The molecule has 0 spiro atoms. The number of fused-ring (bicyclic) bond motifs is 1. The van der Waals surface area contributed by atoms with E-state index in [1.54, 1.807) is 17.0 Å². The second kappa shape index (κ2) is 6.71. The van der Waals surface area contributed by atoms with Crippen molar-refractivity contribution in [2.75, 3.05) is 18.2 Å². The Bertz CT molecular complexity index is 837. The molecular weight excluding hydrogens is 332 g/mol. The maximum atomic E-state index is 12.8. The Hall–Kier alpha value is -3.02. The Morgan fingerprint density at radius 1 is 1.15 bits per heavy atom. The summed E-state index contributed by atoms with van der Waals surface area (Å²) in [6, 6.07) is 15.0. The third-order valence-corrected chi connectivity index (χ3v) is 4.85. The third kappa shape index (κ3) is 2.98. The minimum Gasteiger partial charge on any atom is -0.454 e. The molecule has 2 amide bonds. The molecule has 0 saturated carbocycles. The molecule has 134 valence electrons. The van der Waals surface area contributed by atoms with Gasteiger partial charge in [0.15, 0.2) is 11.5 Å². The molecular formula is C20H20N2O4. The summed E-state index contributed by atoms with van der Waals surface area (Å²) in [6.45, 7) is 2.62. The first-order chi connectivity index (χ1) is 12.6. The van der Waals surface area contributed by atoms with Gasteiger partial charge >= 0.3 is 0 Å². The highest BCUT2D eigenvalue weighted by Crippen LogP contribution is 2.37. The largest absolute Gasteiger partial charge is 0.454 e. The van der Waals surface area contributed by atoms with E-state index in [0.717, 1.165) is 11.3 Å². The lowest BCUT2D eigenvalue weighted by molar-refractivity contribution is -0.132. The third-order valence-electron chi connectivity index (χ3n) is 4.85. The van der Waals surface area contributed by atoms with Gasteiger partial charge in [0, 0.05) is 18.3 Å². The lowest BCUT2D eigenvalue weighted by Gasteiger charge is -2.19. The second-order valence-electron chi connectivity index (χ2n) is 6.51. The maximum absolute atomic E-state index is 12.8. The number of amides is 2. The van der Waals surface area contributed by atoms with E-state index in [-0.39, 0.29) is 24.6 Å². The molecule has 2 heterocycles. The Labute approximate surface area is 151 Å². The van der Waals surface area contributed by atoms with Gasteiger partial charge in [-0.15, -0.1) is 0 Å². The minimum absolute atomic E-state index is 0.143. The number of nitrogens with one attached hydrogen (secondary N) is 1. The van der Waals surface area contributed by atoms with Gasteiger partial charge in [0.25, 0.3) is 0 Å². The quantitative estimate of drug-likeness (QED) is 0.859. The van der Waals surface area contributed by atoms with Gasteiger partial charge in [-0.2, -0.15) is 0 Å². The SMILES string of the molecule is C[C@@H](NC(=O)[C@H]1CCN(c2ccc3c(c2)OCO3)C1=O)c1ccccc1. The van der Waals surface area contributed by atoms with Crippen molar-refractivity contribution in [2.45, 2.75) is 19.4 Å². The molecule has 2 aliphatic rings. The van der Waals surface area contributed by atoms with E-state index in [9.17, 15) is 9.59 Å². The number of anilines is 1. The Balaban J connectivity index is 1.44. The van der Waals surface area contributed by atoms with Crippen LogP contribution in [0.25, 0.3) is 0 Å². The zero-order chi connectivity index (χ0) is 18.1. The van der Waals surface area contributed by atoms with Crippen molar-refractivity contribution in [1.82, 2.24) is 5.32 Å². The van der Waals surface area contributed by atoms with E-state index in [1.165, 1.54) is 0 Å². The molecule has 1 saturated heterocycles. The topological polar surface area (TPSA) is 67.9 Å². The number of hydrogen-bond acceptors (Lipinski definition) is 4. The van der Waals surface area contributed by atoms with Gasteiger partial charge < -0.3 is 19.7 Å². The molecule has 0 radical (unpaired) electrons. The molecule has 2 aliphatic heterocycles. The van der Waals surface area contributed by atoms with E-state index < -0.39 is 5.92 Å². The lowest BCUT2D eigenvalue weighted by Crippen LogP contribution is -2.38. The number of carbonyl (C=O) groups excluding carboxylic acids is 2. The molecule has 1 N–H and O–H groups in total. The zero-order valence-electron chi connectivity index (χ0n) is 14.5. The highest BCUT2D eigenvalue weighted by Gasteiger charge is 2.38. The van der Waals surface area contributed by atoms with Crippen LogP contribution in [0.15, 0.2) is 48.5 Å². The standard InChI is InChI=1S/C20H20N2O4/c1-13(14-5-3-2-4-6-14)21-19(23)16-9-10-22(20(16)24)15-7-8-17-18(11-15)26-12-25-17/h2-8,11,13,16H,9-10,12H2,1H3,(H,21,23)/t13-,16-/m1/s1. The molecule has 0 aromatic heterocycles. The normalized spacial score (nSPS) is 19.5. The summed E-state index contributed by atoms with van der Waals surface area (Å²) in [7, 11) is 0. The molecule has 2 aromatic rings. The van der Waals surface area contributed by atoms with Gasteiger partial charge in [-0.05, 0) is 31.0 Å². The molecule has 2 atom stereocenters. The fraction of sp³-hybridized carbons (Fsp3) is 0.300. The molecule has 26 heavy (non-hydrogen) atoms. The van der Waals surface area contributed by atoms with Gasteiger partial charge in [0.2, 0.25) is 18.6 Å². The van der Waals surface area contributed by atoms with Gasteiger partial charge in [-0.25, -0.2) is 0 Å². The summed E-state index contributed by atoms with van der Waals surface area (Å²) >= 11 is 0. The number of benzene rings is 2. The van der Waals surface area contributed by atoms with Crippen molar-refractivity contribution in [3.8, 4) is 11.5 Å². The van der Waals surface area contributed by atoms with Crippen LogP contribution in [0.1, 0.15) is 24.9 Å². The van der Waals surface area contributed by atoms with Crippen LogP contribution in [0.2, 0.25) is 0 Å². The Morgan fingerprint density at radius 3 is 2.73 bits per heavy atom. The van der Waals surface area contributed by atoms with Crippen LogP contribution in [0.3, 0.4) is 0 Å². The number of nitrogens with zero attached hydrogens (tertiary/aromatic N) is 1. The summed E-state index contributed by atoms with van der Waals surface area (Å²) in [4.78, 5) is 27.0. The average Bonchev–Trinajstić information content (AvgIpc) is 3.28. The van der Waals surface area contributed by atoms with Crippen molar-refractivity contribution < 1.29 is 19.1 Å².